The molecule has 0 bridgehead atoms. The number of aliphatic hydroxyl groups excluding tert-OH is 2. The third-order valence-corrected chi connectivity index (χ3v) is 5.67. The van der Waals surface area contributed by atoms with Crippen LogP contribution < -0.4 is 11.5 Å². The Morgan fingerprint density at radius 1 is 1.04 bits per heavy atom. The van der Waals surface area contributed by atoms with E-state index in [9.17, 15) is 10.2 Å². The molecule has 12 heteroatoms. The molecule has 3 aliphatic rings. The van der Waals surface area contributed by atoms with E-state index in [0.717, 1.165) is 19.3 Å². The Morgan fingerprint density at radius 3 is 2.33 bits per heavy atom. The minimum atomic E-state index is -1.42. The third kappa shape index (κ3) is 4.45. The van der Waals surface area contributed by atoms with Gasteiger partial charge in [0, 0.05) is 15.9 Å². The standard InChI is InChI=1S/C15H26N8O4/c16-7-3-4-10(11(17)6-1-2-6)26-15(7)27-14-9(21-23-19)5-8(20-22-18)12(24)13(14)25/h6-15,24-25H,1-5,16-17H2/t7?,8-,9+,10+,11-,12+,13-,14-,15-/m1/s1. The van der Waals surface area contributed by atoms with Crippen LogP contribution in [-0.4, -0.2) is 65.1 Å². The molecule has 0 spiro atoms. The number of nitrogens with zero attached hydrogens (tertiary/aromatic N) is 6. The molecule has 1 saturated heterocycles. The van der Waals surface area contributed by atoms with Gasteiger partial charge in [0.1, 0.15) is 6.10 Å². The minimum Gasteiger partial charge on any atom is -0.390 e. The van der Waals surface area contributed by atoms with Crippen molar-refractivity contribution in [3.05, 3.63) is 20.9 Å². The Kier molecular flexibility index (Phi) is 6.40. The molecule has 12 nitrogen and oxygen atoms in total. The van der Waals surface area contributed by atoms with Crippen molar-refractivity contribution in [2.45, 2.75) is 87.0 Å². The zero-order valence-electron chi connectivity index (χ0n) is 14.9. The highest BCUT2D eigenvalue weighted by Gasteiger charge is 2.47. The second-order valence-electron chi connectivity index (χ2n) is 7.56. The van der Waals surface area contributed by atoms with Gasteiger partial charge >= 0.3 is 0 Å². The van der Waals surface area contributed by atoms with Crippen molar-refractivity contribution in [3.8, 4) is 0 Å². The van der Waals surface area contributed by atoms with Crippen LogP contribution in [0.25, 0.3) is 20.9 Å². The maximum Gasteiger partial charge on any atom is 0.173 e. The third-order valence-electron chi connectivity index (χ3n) is 5.67. The first-order chi connectivity index (χ1) is 13.0. The summed E-state index contributed by atoms with van der Waals surface area (Å²) in [6.45, 7) is 0. The van der Waals surface area contributed by atoms with Crippen LogP contribution in [0.5, 0.6) is 0 Å². The molecule has 2 saturated carbocycles. The summed E-state index contributed by atoms with van der Waals surface area (Å²) < 4.78 is 11.9. The fourth-order valence-electron chi connectivity index (χ4n) is 3.89. The van der Waals surface area contributed by atoms with Crippen LogP contribution in [0.4, 0.5) is 0 Å². The van der Waals surface area contributed by atoms with Gasteiger partial charge in [-0.1, -0.05) is 10.2 Å². The Labute approximate surface area is 156 Å². The molecular formula is C15H26N8O4. The molecule has 0 aromatic rings. The Balaban J connectivity index is 1.72. The molecule has 1 aliphatic heterocycles. The molecule has 150 valence electrons. The number of ether oxygens (including phenoxy) is 2. The van der Waals surface area contributed by atoms with E-state index in [1.807, 2.05) is 0 Å². The van der Waals surface area contributed by atoms with Gasteiger partial charge in [-0.25, -0.2) is 0 Å². The van der Waals surface area contributed by atoms with Gasteiger partial charge in [-0.3, -0.25) is 0 Å². The summed E-state index contributed by atoms with van der Waals surface area (Å²) in [7, 11) is 0. The lowest BCUT2D eigenvalue weighted by molar-refractivity contribution is -0.256. The van der Waals surface area contributed by atoms with Crippen molar-refractivity contribution in [3.63, 3.8) is 0 Å². The van der Waals surface area contributed by atoms with Crippen molar-refractivity contribution < 1.29 is 19.7 Å². The van der Waals surface area contributed by atoms with Crippen LogP contribution in [0.2, 0.25) is 0 Å². The average Bonchev–Trinajstić information content (AvgIpc) is 3.49. The molecular weight excluding hydrogens is 356 g/mol. The first-order valence-corrected chi connectivity index (χ1v) is 9.23. The molecule has 0 radical (unpaired) electrons. The molecule has 27 heavy (non-hydrogen) atoms. The summed E-state index contributed by atoms with van der Waals surface area (Å²) in [5.74, 6) is 0.451. The monoisotopic (exact) mass is 382 g/mol. The maximum absolute atomic E-state index is 10.5. The predicted octanol–water partition coefficient (Wildman–Crippen LogP) is 0.425. The Bertz CT molecular complexity index is 621. The largest absolute Gasteiger partial charge is 0.390 e. The summed E-state index contributed by atoms with van der Waals surface area (Å²) in [5, 5.41) is 27.8. The smallest absolute Gasteiger partial charge is 0.173 e. The molecule has 0 amide bonds. The molecule has 9 atom stereocenters. The molecule has 0 aromatic heterocycles. The van der Waals surface area contributed by atoms with Gasteiger partial charge in [0.2, 0.25) is 0 Å². The van der Waals surface area contributed by atoms with E-state index in [1.165, 1.54) is 0 Å². The van der Waals surface area contributed by atoms with Gasteiger partial charge in [0.25, 0.3) is 0 Å². The molecule has 2 aliphatic carbocycles. The SMILES string of the molecule is [N-]=[N+]=N[C@H]1C[C@@H](N=[N+]=[N-])[C@H](O)[C@@H](O)[C@@H]1O[C@H]1O[C@H]([C@H](N)C2CC2)CCC1N. The van der Waals surface area contributed by atoms with E-state index in [2.05, 4.69) is 20.1 Å². The highest BCUT2D eigenvalue weighted by Crippen LogP contribution is 2.37. The van der Waals surface area contributed by atoms with Crippen LogP contribution in [-0.2, 0) is 9.47 Å². The summed E-state index contributed by atoms with van der Waals surface area (Å²) >= 11 is 0. The minimum absolute atomic E-state index is 0.0456. The highest BCUT2D eigenvalue weighted by molar-refractivity contribution is 5.01. The van der Waals surface area contributed by atoms with Crippen LogP contribution >= 0.6 is 0 Å². The number of azide groups is 2. The van der Waals surface area contributed by atoms with Crippen LogP contribution in [0.1, 0.15) is 32.1 Å². The summed E-state index contributed by atoms with van der Waals surface area (Å²) in [4.78, 5) is 5.44. The first-order valence-electron chi connectivity index (χ1n) is 9.23. The molecule has 3 fully saturated rings. The number of hydrogen-bond donors (Lipinski definition) is 4. The number of hydrogen-bond acceptors (Lipinski definition) is 8. The van der Waals surface area contributed by atoms with Gasteiger partial charge in [0.15, 0.2) is 6.29 Å². The van der Waals surface area contributed by atoms with E-state index >= 15 is 0 Å². The summed E-state index contributed by atoms with van der Waals surface area (Å²) in [6.07, 6.45) is -1.23. The van der Waals surface area contributed by atoms with E-state index in [0.29, 0.717) is 12.3 Å². The molecule has 3 rings (SSSR count). The lowest BCUT2D eigenvalue weighted by Crippen LogP contribution is -2.59. The van der Waals surface area contributed by atoms with Crippen LogP contribution in [0, 0.1) is 5.92 Å². The first kappa shape index (κ1) is 20.1. The van der Waals surface area contributed by atoms with Gasteiger partial charge in [-0.2, -0.15) is 0 Å². The second kappa shape index (κ2) is 8.59. The number of rotatable bonds is 6. The topological polar surface area (TPSA) is 208 Å². The van der Waals surface area contributed by atoms with Gasteiger partial charge in [-0.15, -0.1) is 0 Å². The van der Waals surface area contributed by atoms with Crippen LogP contribution in [0.15, 0.2) is 10.2 Å². The van der Waals surface area contributed by atoms with E-state index in [1.54, 1.807) is 0 Å². The van der Waals surface area contributed by atoms with Crippen molar-refractivity contribution in [1.82, 2.24) is 0 Å². The highest BCUT2D eigenvalue weighted by atomic mass is 16.7. The van der Waals surface area contributed by atoms with Gasteiger partial charge in [-0.05, 0) is 49.1 Å². The lowest BCUT2D eigenvalue weighted by Gasteiger charge is -2.44. The Morgan fingerprint density at radius 2 is 1.70 bits per heavy atom. The fourth-order valence-corrected chi connectivity index (χ4v) is 3.89. The second-order valence-corrected chi connectivity index (χ2v) is 7.56. The van der Waals surface area contributed by atoms with E-state index in [4.69, 9.17) is 32.0 Å². The zero-order valence-corrected chi connectivity index (χ0v) is 14.9. The number of aliphatic hydroxyl groups is 2. The van der Waals surface area contributed by atoms with Gasteiger partial charge in [0.05, 0.1) is 36.4 Å². The predicted molar refractivity (Wildman–Crippen MR) is 93.9 cm³/mol. The fraction of sp³-hybridized carbons (Fsp3) is 1.00. The normalized spacial score (nSPS) is 43.3. The zero-order chi connectivity index (χ0) is 19.6. The summed E-state index contributed by atoms with van der Waals surface area (Å²) in [6, 6.07) is -2.28. The molecule has 1 heterocycles. The van der Waals surface area contributed by atoms with Crippen molar-refractivity contribution in [2.24, 2.45) is 27.6 Å². The maximum atomic E-state index is 10.5. The average molecular weight is 382 g/mol. The molecule has 0 aromatic carbocycles. The van der Waals surface area contributed by atoms with Crippen molar-refractivity contribution in [2.75, 3.05) is 0 Å². The van der Waals surface area contributed by atoms with Crippen molar-refractivity contribution >= 4 is 0 Å². The quantitative estimate of drug-likeness (QED) is 0.290. The van der Waals surface area contributed by atoms with E-state index in [-0.39, 0.29) is 18.6 Å². The molecule has 6 N–H and O–H groups in total. The van der Waals surface area contributed by atoms with E-state index < -0.39 is 42.7 Å². The Hall–Kier alpha value is -1.62. The molecule has 1 unspecified atom stereocenters. The summed E-state index contributed by atoms with van der Waals surface area (Å²) in [5.41, 5.74) is 29.8. The van der Waals surface area contributed by atoms with Gasteiger partial charge < -0.3 is 31.2 Å². The van der Waals surface area contributed by atoms with Crippen LogP contribution in [0.3, 0.4) is 0 Å². The van der Waals surface area contributed by atoms with Crippen molar-refractivity contribution in [1.29, 1.82) is 0 Å². The number of nitrogens with two attached hydrogens (primary N) is 2. The lowest BCUT2D eigenvalue weighted by atomic mass is 9.84.